The largest absolute Gasteiger partial charge is 0.337 e. The number of hydrogen-bond donors (Lipinski definition) is 1. The number of nitriles is 1. The van der Waals surface area contributed by atoms with Crippen molar-refractivity contribution in [3.05, 3.63) is 29.8 Å². The summed E-state index contributed by atoms with van der Waals surface area (Å²) in [4.78, 5) is 12.5. The maximum atomic E-state index is 12.5. The average Bonchev–Trinajstić information content (AvgIpc) is 3.05. The topological polar surface area (TPSA) is 96.5 Å². The Labute approximate surface area is 169 Å². The third-order valence-corrected chi connectivity index (χ3v) is 6.05. The van der Waals surface area contributed by atoms with E-state index in [4.69, 9.17) is 0 Å². The molecule has 0 aliphatic heterocycles. The number of nitrogens with zero attached hydrogens (tertiary/aromatic N) is 5. The van der Waals surface area contributed by atoms with E-state index < -0.39 is 5.54 Å². The Morgan fingerprint density at radius 2 is 1.93 bits per heavy atom. The first-order chi connectivity index (χ1) is 13.5. The molecule has 0 bridgehead atoms. The van der Waals surface area contributed by atoms with Crippen LogP contribution in [0.4, 0.5) is 0 Å². The molecule has 7 nitrogen and oxygen atoms in total. The smallest absolute Gasteiger partial charge is 0.231 e. The fourth-order valence-electron chi connectivity index (χ4n) is 3.46. The van der Waals surface area contributed by atoms with Crippen molar-refractivity contribution in [2.24, 2.45) is 0 Å². The molecule has 1 fully saturated rings. The molecule has 1 aromatic carbocycles. The number of benzene rings is 1. The quantitative estimate of drug-likeness (QED) is 0.590. The van der Waals surface area contributed by atoms with Gasteiger partial charge in [-0.3, -0.25) is 4.79 Å². The summed E-state index contributed by atoms with van der Waals surface area (Å²) < 4.78 is 1.63. The number of amides is 1. The van der Waals surface area contributed by atoms with Crippen LogP contribution in [0.1, 0.15) is 63.9 Å². The van der Waals surface area contributed by atoms with Crippen molar-refractivity contribution in [3.8, 4) is 11.8 Å². The molecule has 1 N–H and O–H groups in total. The van der Waals surface area contributed by atoms with Gasteiger partial charge in [0, 0.05) is 0 Å². The van der Waals surface area contributed by atoms with E-state index in [1.807, 2.05) is 12.1 Å². The monoisotopic (exact) mass is 398 g/mol. The van der Waals surface area contributed by atoms with Crippen LogP contribution in [0.15, 0.2) is 29.4 Å². The van der Waals surface area contributed by atoms with Gasteiger partial charge in [0.2, 0.25) is 11.1 Å². The van der Waals surface area contributed by atoms with Crippen LogP contribution in [0.3, 0.4) is 0 Å². The van der Waals surface area contributed by atoms with Crippen molar-refractivity contribution in [1.29, 1.82) is 5.26 Å². The summed E-state index contributed by atoms with van der Waals surface area (Å²) in [5.41, 5.74) is 1.37. The minimum absolute atomic E-state index is 0.154. The number of carbonyl (C=O) groups is 1. The highest BCUT2D eigenvalue weighted by Crippen LogP contribution is 2.27. The highest BCUT2D eigenvalue weighted by atomic mass is 32.2. The van der Waals surface area contributed by atoms with Gasteiger partial charge in [-0.15, -0.1) is 5.10 Å². The molecule has 0 radical (unpaired) electrons. The summed E-state index contributed by atoms with van der Waals surface area (Å²) in [6.45, 7) is 4.29. The summed E-state index contributed by atoms with van der Waals surface area (Å²) in [6.07, 6.45) is 5.65. The lowest BCUT2D eigenvalue weighted by Gasteiger charge is -2.26. The molecule has 1 heterocycles. The summed E-state index contributed by atoms with van der Waals surface area (Å²) in [5, 5.41) is 25.0. The first-order valence-corrected chi connectivity index (χ1v) is 10.8. The Kier molecular flexibility index (Phi) is 6.68. The number of carbonyl (C=O) groups excluding carboxylic acids is 1. The number of aromatic nitrogens is 4. The second-order valence-electron chi connectivity index (χ2n) is 7.56. The van der Waals surface area contributed by atoms with E-state index in [9.17, 15) is 10.1 Å². The van der Waals surface area contributed by atoms with Crippen molar-refractivity contribution in [3.63, 3.8) is 0 Å². The number of rotatable bonds is 6. The van der Waals surface area contributed by atoms with Crippen molar-refractivity contribution in [1.82, 2.24) is 25.5 Å². The van der Waals surface area contributed by atoms with Gasteiger partial charge < -0.3 is 5.32 Å². The summed E-state index contributed by atoms with van der Waals surface area (Å²) in [5.74, 6) is 0.475. The van der Waals surface area contributed by atoms with Crippen molar-refractivity contribution in [2.75, 3.05) is 5.75 Å². The molecule has 1 aliphatic carbocycles. The van der Waals surface area contributed by atoms with Crippen LogP contribution in [0, 0.1) is 11.3 Å². The van der Waals surface area contributed by atoms with E-state index in [2.05, 4.69) is 52.9 Å². The second kappa shape index (κ2) is 9.20. The molecule has 2 aromatic rings. The molecule has 0 atom stereocenters. The molecule has 28 heavy (non-hydrogen) atoms. The third-order valence-electron chi connectivity index (χ3n) is 5.13. The van der Waals surface area contributed by atoms with Crippen LogP contribution in [0.25, 0.3) is 5.69 Å². The van der Waals surface area contributed by atoms with Gasteiger partial charge in [-0.25, -0.2) is 0 Å². The number of thioether (sulfide) groups is 1. The van der Waals surface area contributed by atoms with E-state index in [0.717, 1.165) is 44.2 Å². The lowest BCUT2D eigenvalue weighted by Crippen LogP contribution is -2.47. The molecule has 1 aliphatic rings. The minimum Gasteiger partial charge on any atom is -0.337 e. The first-order valence-electron chi connectivity index (χ1n) is 9.77. The van der Waals surface area contributed by atoms with E-state index in [1.54, 1.807) is 4.68 Å². The highest BCUT2D eigenvalue weighted by molar-refractivity contribution is 7.99. The fourth-order valence-corrected chi connectivity index (χ4v) is 4.15. The number of tetrazole rings is 1. The summed E-state index contributed by atoms with van der Waals surface area (Å²) >= 11 is 1.28. The molecule has 1 amide bonds. The van der Waals surface area contributed by atoms with Crippen LogP contribution in [-0.4, -0.2) is 37.4 Å². The molecule has 1 aromatic heterocycles. The molecule has 0 saturated heterocycles. The lowest BCUT2D eigenvalue weighted by atomic mass is 9.92. The van der Waals surface area contributed by atoms with E-state index in [0.29, 0.717) is 11.1 Å². The molecule has 0 spiro atoms. The Balaban J connectivity index is 1.63. The van der Waals surface area contributed by atoms with E-state index in [-0.39, 0.29) is 11.7 Å². The Morgan fingerprint density at radius 1 is 1.25 bits per heavy atom. The van der Waals surface area contributed by atoms with Gasteiger partial charge in [-0.2, -0.15) is 9.94 Å². The molecule has 3 rings (SSSR count). The first kappa shape index (κ1) is 20.3. The zero-order chi connectivity index (χ0) is 20.0. The van der Waals surface area contributed by atoms with Gasteiger partial charge in [0.1, 0.15) is 5.54 Å². The van der Waals surface area contributed by atoms with Crippen LogP contribution in [0.5, 0.6) is 0 Å². The highest BCUT2D eigenvalue weighted by Gasteiger charge is 2.32. The second-order valence-corrected chi connectivity index (χ2v) is 8.51. The molecular weight excluding hydrogens is 372 g/mol. The molecule has 1 saturated carbocycles. The van der Waals surface area contributed by atoms with E-state index >= 15 is 0 Å². The molecule has 148 valence electrons. The zero-order valence-electron chi connectivity index (χ0n) is 16.4. The van der Waals surface area contributed by atoms with Gasteiger partial charge in [0.25, 0.3) is 0 Å². The molecular formula is C20H26N6OS. The van der Waals surface area contributed by atoms with Gasteiger partial charge in [0.15, 0.2) is 0 Å². The molecule has 8 heteroatoms. The standard InChI is InChI=1S/C20H26N6OS/c1-15(2)16-7-9-17(10-8-16)26-19(23-24-25-26)28-13-18(27)22-20(14-21)11-5-3-4-6-12-20/h7-10,15H,3-6,11-13H2,1-2H3,(H,22,27). The Bertz CT molecular complexity index is 831. The van der Waals surface area contributed by atoms with Gasteiger partial charge >= 0.3 is 0 Å². The van der Waals surface area contributed by atoms with Gasteiger partial charge in [-0.05, 0) is 46.9 Å². The minimum atomic E-state index is -0.729. The summed E-state index contributed by atoms with van der Waals surface area (Å²) in [7, 11) is 0. The zero-order valence-corrected chi connectivity index (χ0v) is 17.2. The number of hydrogen-bond acceptors (Lipinski definition) is 6. The lowest BCUT2D eigenvalue weighted by molar-refractivity contribution is -0.120. The van der Waals surface area contributed by atoms with Crippen LogP contribution < -0.4 is 5.32 Å². The van der Waals surface area contributed by atoms with Gasteiger partial charge in [0.05, 0.1) is 17.5 Å². The third kappa shape index (κ3) is 4.90. The summed E-state index contributed by atoms with van der Waals surface area (Å²) in [6, 6.07) is 10.4. The Morgan fingerprint density at radius 3 is 2.54 bits per heavy atom. The van der Waals surface area contributed by atoms with Crippen LogP contribution >= 0.6 is 11.8 Å². The maximum Gasteiger partial charge on any atom is 0.231 e. The maximum absolute atomic E-state index is 12.5. The predicted molar refractivity (Wildman–Crippen MR) is 108 cm³/mol. The van der Waals surface area contributed by atoms with Crippen LogP contribution in [-0.2, 0) is 4.79 Å². The SMILES string of the molecule is CC(C)c1ccc(-n2nnnc2SCC(=O)NC2(C#N)CCCCCC2)cc1. The normalized spacial score (nSPS) is 16.4. The van der Waals surface area contributed by atoms with Crippen molar-refractivity contribution >= 4 is 17.7 Å². The van der Waals surface area contributed by atoms with Crippen molar-refractivity contribution in [2.45, 2.75) is 69.0 Å². The van der Waals surface area contributed by atoms with Crippen LogP contribution in [0.2, 0.25) is 0 Å². The number of nitrogens with one attached hydrogen (secondary N) is 1. The fraction of sp³-hybridized carbons (Fsp3) is 0.550. The molecule has 0 unspecified atom stereocenters. The Hall–Kier alpha value is -2.40. The average molecular weight is 399 g/mol. The predicted octanol–water partition coefficient (Wildman–Crippen LogP) is 3.61. The van der Waals surface area contributed by atoms with E-state index in [1.165, 1.54) is 17.3 Å². The van der Waals surface area contributed by atoms with Gasteiger partial charge in [-0.1, -0.05) is 63.4 Å². The van der Waals surface area contributed by atoms with Crippen molar-refractivity contribution < 1.29 is 4.79 Å².